The van der Waals surface area contributed by atoms with E-state index in [0.717, 1.165) is 6.42 Å². The van der Waals surface area contributed by atoms with E-state index in [2.05, 4.69) is 16.3 Å². The van der Waals surface area contributed by atoms with Crippen molar-refractivity contribution >= 4 is 17.2 Å². The van der Waals surface area contributed by atoms with Crippen molar-refractivity contribution < 1.29 is 13.9 Å². The molecule has 1 saturated heterocycles. The van der Waals surface area contributed by atoms with Crippen molar-refractivity contribution in [1.82, 2.24) is 15.1 Å². The molecule has 6 nitrogen and oxygen atoms in total. The smallest absolute Gasteiger partial charge is 0.247 e. The third kappa shape index (κ3) is 3.84. The lowest BCUT2D eigenvalue weighted by molar-refractivity contribution is -0.143. The van der Waals surface area contributed by atoms with Crippen LogP contribution < -0.4 is 0 Å². The maximum Gasteiger partial charge on any atom is 0.247 e. The van der Waals surface area contributed by atoms with Gasteiger partial charge in [0.15, 0.2) is 6.10 Å². The Morgan fingerprint density at radius 3 is 2.92 bits per heavy atom. The van der Waals surface area contributed by atoms with Crippen LogP contribution in [0.5, 0.6) is 0 Å². The van der Waals surface area contributed by atoms with Gasteiger partial charge >= 0.3 is 0 Å². The van der Waals surface area contributed by atoms with Crippen LogP contribution in [0, 0.1) is 5.92 Å². The second kappa shape index (κ2) is 7.44. The predicted molar refractivity (Wildman–Crippen MR) is 90.8 cm³/mol. The summed E-state index contributed by atoms with van der Waals surface area (Å²) in [7, 11) is 0. The molecular weight excluding hydrogens is 326 g/mol. The highest BCUT2D eigenvalue weighted by Gasteiger charge is 2.31. The predicted octanol–water partition coefficient (Wildman–Crippen LogP) is 3.03. The van der Waals surface area contributed by atoms with E-state index < -0.39 is 0 Å². The number of hydrogen-bond acceptors (Lipinski definition) is 6. The number of amides is 1. The largest absolute Gasteiger partial charge is 0.422 e. The van der Waals surface area contributed by atoms with Crippen LogP contribution in [0.15, 0.2) is 21.9 Å². The Balaban J connectivity index is 1.62. The highest BCUT2D eigenvalue weighted by Crippen LogP contribution is 2.25. The lowest BCUT2D eigenvalue weighted by atomic mass is 10.0. The quantitative estimate of drug-likeness (QED) is 0.830. The molecule has 0 spiro atoms. The van der Waals surface area contributed by atoms with Crippen LogP contribution in [-0.4, -0.2) is 40.7 Å². The van der Waals surface area contributed by atoms with Gasteiger partial charge in [-0.15, -0.1) is 21.5 Å². The van der Waals surface area contributed by atoms with Gasteiger partial charge in [-0.3, -0.25) is 4.79 Å². The van der Waals surface area contributed by atoms with Crippen LogP contribution in [0.4, 0.5) is 0 Å². The Morgan fingerprint density at radius 2 is 2.25 bits per heavy atom. The van der Waals surface area contributed by atoms with E-state index in [4.69, 9.17) is 9.15 Å². The van der Waals surface area contributed by atoms with Gasteiger partial charge in [-0.2, -0.15) is 0 Å². The van der Waals surface area contributed by atoms with Crippen molar-refractivity contribution in [1.29, 1.82) is 0 Å². The van der Waals surface area contributed by atoms with E-state index in [1.54, 1.807) is 11.3 Å². The molecule has 1 fully saturated rings. The fourth-order valence-electron chi connectivity index (χ4n) is 2.74. The lowest BCUT2D eigenvalue weighted by Gasteiger charge is -2.33. The van der Waals surface area contributed by atoms with Crippen molar-refractivity contribution in [3.05, 3.63) is 34.2 Å². The standard InChI is InChI=1S/C17H23N3O3S/c1-11(2)15-18-19-16(23-15)14-10-20(6-7-22-14)17(21)12(3)9-13-5-4-8-24-13/h4-5,8,11-12,14H,6-7,9-10H2,1-3H3/t12-,14-/m0/s1. The maximum atomic E-state index is 12.7. The van der Waals surface area contributed by atoms with Gasteiger partial charge in [-0.1, -0.05) is 26.8 Å². The lowest BCUT2D eigenvalue weighted by Crippen LogP contribution is -2.44. The molecule has 0 radical (unpaired) electrons. The number of carbonyl (C=O) groups is 1. The number of hydrogen-bond donors (Lipinski definition) is 0. The number of ether oxygens (including phenoxy) is 1. The Kier molecular flexibility index (Phi) is 5.30. The molecule has 1 aliphatic rings. The molecular formula is C17H23N3O3S. The molecule has 1 aliphatic heterocycles. The third-order valence-corrected chi connectivity index (χ3v) is 5.01. The fraction of sp³-hybridized carbons (Fsp3) is 0.588. The van der Waals surface area contributed by atoms with E-state index in [9.17, 15) is 4.79 Å². The second-order valence-corrected chi connectivity index (χ2v) is 7.49. The molecule has 130 valence electrons. The van der Waals surface area contributed by atoms with E-state index in [1.165, 1.54) is 4.88 Å². The molecule has 0 bridgehead atoms. The van der Waals surface area contributed by atoms with E-state index >= 15 is 0 Å². The first-order chi connectivity index (χ1) is 11.5. The molecule has 2 atom stereocenters. The summed E-state index contributed by atoms with van der Waals surface area (Å²) >= 11 is 1.69. The van der Waals surface area contributed by atoms with Crippen LogP contribution in [0.2, 0.25) is 0 Å². The molecule has 3 rings (SSSR count). The summed E-state index contributed by atoms with van der Waals surface area (Å²) in [5, 5.41) is 10.2. The van der Waals surface area contributed by atoms with Crippen molar-refractivity contribution in [2.75, 3.05) is 19.7 Å². The van der Waals surface area contributed by atoms with Gasteiger partial charge < -0.3 is 14.1 Å². The van der Waals surface area contributed by atoms with Crippen molar-refractivity contribution in [3.8, 4) is 0 Å². The molecule has 0 N–H and O–H groups in total. The molecule has 3 heterocycles. The van der Waals surface area contributed by atoms with Crippen LogP contribution >= 0.6 is 11.3 Å². The van der Waals surface area contributed by atoms with Gasteiger partial charge in [0.05, 0.1) is 13.2 Å². The summed E-state index contributed by atoms with van der Waals surface area (Å²) in [4.78, 5) is 15.8. The van der Waals surface area contributed by atoms with E-state index in [-0.39, 0.29) is 23.8 Å². The highest BCUT2D eigenvalue weighted by atomic mass is 32.1. The number of aromatic nitrogens is 2. The van der Waals surface area contributed by atoms with Crippen LogP contribution in [0.25, 0.3) is 0 Å². The zero-order chi connectivity index (χ0) is 17.1. The normalized spacial score (nSPS) is 19.7. The molecule has 2 aromatic rings. The molecule has 2 aromatic heterocycles. The van der Waals surface area contributed by atoms with Gasteiger partial charge in [-0.05, 0) is 17.9 Å². The summed E-state index contributed by atoms with van der Waals surface area (Å²) in [5.74, 6) is 1.35. The molecule has 0 unspecified atom stereocenters. The van der Waals surface area contributed by atoms with Crippen LogP contribution in [-0.2, 0) is 16.0 Å². The van der Waals surface area contributed by atoms with Gasteiger partial charge in [0.2, 0.25) is 17.7 Å². The molecule has 0 aliphatic carbocycles. The summed E-state index contributed by atoms with van der Waals surface area (Å²) in [5.41, 5.74) is 0. The van der Waals surface area contributed by atoms with Crippen molar-refractivity contribution in [3.63, 3.8) is 0 Å². The average molecular weight is 349 g/mol. The van der Waals surface area contributed by atoms with Crippen molar-refractivity contribution in [2.24, 2.45) is 5.92 Å². The Hall–Kier alpha value is -1.73. The summed E-state index contributed by atoms with van der Waals surface area (Å²) in [6.45, 7) is 7.54. The topological polar surface area (TPSA) is 68.5 Å². The van der Waals surface area contributed by atoms with Gasteiger partial charge in [-0.25, -0.2) is 0 Å². The van der Waals surface area contributed by atoms with E-state index in [1.807, 2.05) is 37.1 Å². The Morgan fingerprint density at radius 1 is 1.42 bits per heavy atom. The fourth-order valence-corrected chi connectivity index (χ4v) is 3.57. The summed E-state index contributed by atoms with van der Waals surface area (Å²) in [6, 6.07) is 4.09. The van der Waals surface area contributed by atoms with Gasteiger partial charge in [0.1, 0.15) is 0 Å². The molecule has 7 heteroatoms. The minimum Gasteiger partial charge on any atom is -0.422 e. The zero-order valence-corrected chi connectivity index (χ0v) is 15.1. The first-order valence-electron chi connectivity index (χ1n) is 8.30. The minimum absolute atomic E-state index is 0.0451. The monoisotopic (exact) mass is 349 g/mol. The number of carbonyl (C=O) groups excluding carboxylic acids is 1. The first kappa shape index (κ1) is 17.1. The third-order valence-electron chi connectivity index (χ3n) is 4.11. The highest BCUT2D eigenvalue weighted by molar-refractivity contribution is 7.09. The number of thiophene rings is 1. The minimum atomic E-state index is -0.336. The van der Waals surface area contributed by atoms with Crippen molar-refractivity contribution in [2.45, 2.75) is 39.2 Å². The zero-order valence-electron chi connectivity index (χ0n) is 14.3. The molecule has 0 aromatic carbocycles. The average Bonchev–Trinajstić information content (AvgIpc) is 3.25. The Labute approximate surface area is 145 Å². The van der Waals surface area contributed by atoms with Gasteiger partial charge in [0, 0.05) is 23.3 Å². The summed E-state index contributed by atoms with van der Waals surface area (Å²) < 4.78 is 11.4. The van der Waals surface area contributed by atoms with Crippen LogP contribution in [0.1, 0.15) is 49.5 Å². The summed E-state index contributed by atoms with van der Waals surface area (Å²) in [6.07, 6.45) is 0.438. The Bertz CT molecular complexity index is 668. The first-order valence-corrected chi connectivity index (χ1v) is 9.18. The SMILES string of the molecule is CC(C)c1nnc([C@@H]2CN(C(=O)[C@@H](C)Cc3cccs3)CCO2)o1. The van der Waals surface area contributed by atoms with Gasteiger partial charge in [0.25, 0.3) is 0 Å². The second-order valence-electron chi connectivity index (χ2n) is 6.46. The molecule has 1 amide bonds. The number of nitrogens with zero attached hydrogens (tertiary/aromatic N) is 3. The number of morpholine rings is 1. The maximum absolute atomic E-state index is 12.7. The molecule has 0 saturated carbocycles. The van der Waals surface area contributed by atoms with E-state index in [0.29, 0.717) is 31.5 Å². The van der Waals surface area contributed by atoms with Crippen LogP contribution in [0.3, 0.4) is 0 Å². The molecule has 24 heavy (non-hydrogen) atoms. The number of rotatable bonds is 5.